The fourth-order valence-corrected chi connectivity index (χ4v) is 4.18. The highest BCUT2D eigenvalue weighted by atomic mass is 79.9. The second-order valence-corrected chi connectivity index (χ2v) is 7.68. The van der Waals surface area contributed by atoms with E-state index in [2.05, 4.69) is 52.3 Å². The van der Waals surface area contributed by atoms with Crippen LogP contribution in [0.4, 0.5) is 0 Å². The Hall–Kier alpha value is -1.87. The van der Waals surface area contributed by atoms with Crippen LogP contribution in [0.25, 0.3) is 6.08 Å². The molecule has 0 atom stereocenters. The molecule has 1 saturated heterocycles. The SMILES string of the molecule is O=C(Cc1ccc(Br)cc1)N1CCC2(C=Cc3ccccc32)CC1. The predicted octanol–water partition coefficient (Wildman–Crippen LogP) is 4.58. The van der Waals surface area contributed by atoms with Gasteiger partial charge in [0, 0.05) is 23.0 Å². The van der Waals surface area contributed by atoms with Gasteiger partial charge in [-0.05, 0) is 41.7 Å². The van der Waals surface area contributed by atoms with Crippen LogP contribution in [0.1, 0.15) is 29.5 Å². The van der Waals surface area contributed by atoms with Crippen molar-refractivity contribution in [1.29, 1.82) is 0 Å². The number of likely N-dealkylation sites (tertiary alicyclic amines) is 1. The molecule has 2 aromatic carbocycles. The Bertz CT molecular complexity index is 786. The summed E-state index contributed by atoms with van der Waals surface area (Å²) < 4.78 is 1.05. The summed E-state index contributed by atoms with van der Waals surface area (Å²) in [6.07, 6.45) is 7.13. The van der Waals surface area contributed by atoms with Gasteiger partial charge < -0.3 is 4.90 Å². The lowest BCUT2D eigenvalue weighted by atomic mass is 9.74. The molecule has 24 heavy (non-hydrogen) atoms. The van der Waals surface area contributed by atoms with Crippen LogP contribution in [0.5, 0.6) is 0 Å². The number of fused-ring (bicyclic) bond motifs is 2. The molecule has 2 aromatic rings. The lowest BCUT2D eigenvalue weighted by Gasteiger charge is -2.39. The van der Waals surface area contributed by atoms with Crippen LogP contribution in [0.2, 0.25) is 0 Å². The lowest BCUT2D eigenvalue weighted by molar-refractivity contribution is -0.131. The first-order valence-electron chi connectivity index (χ1n) is 8.47. The van der Waals surface area contributed by atoms with Crippen LogP contribution < -0.4 is 0 Å². The van der Waals surface area contributed by atoms with Gasteiger partial charge in [0.2, 0.25) is 5.91 Å². The minimum atomic E-state index is 0.144. The lowest BCUT2D eigenvalue weighted by Crippen LogP contribution is -2.44. The van der Waals surface area contributed by atoms with Crippen LogP contribution in [-0.4, -0.2) is 23.9 Å². The second-order valence-electron chi connectivity index (χ2n) is 6.76. The zero-order valence-electron chi connectivity index (χ0n) is 13.5. The number of carbonyl (C=O) groups excluding carboxylic acids is 1. The van der Waals surface area contributed by atoms with E-state index in [-0.39, 0.29) is 11.3 Å². The van der Waals surface area contributed by atoms with E-state index < -0.39 is 0 Å². The molecule has 0 bridgehead atoms. The van der Waals surface area contributed by atoms with E-state index in [1.54, 1.807) is 0 Å². The van der Waals surface area contributed by atoms with E-state index in [0.717, 1.165) is 36.0 Å². The minimum Gasteiger partial charge on any atom is -0.342 e. The molecular formula is C21H20BrNO. The summed E-state index contributed by atoms with van der Waals surface area (Å²) in [4.78, 5) is 14.6. The van der Waals surface area contributed by atoms with Crippen molar-refractivity contribution in [3.8, 4) is 0 Å². The third-order valence-electron chi connectivity index (χ3n) is 5.36. The van der Waals surface area contributed by atoms with Crippen molar-refractivity contribution in [2.75, 3.05) is 13.1 Å². The second kappa shape index (κ2) is 6.21. The fraction of sp³-hybridized carbons (Fsp3) is 0.286. The largest absolute Gasteiger partial charge is 0.342 e. The van der Waals surface area contributed by atoms with Crippen LogP contribution in [-0.2, 0) is 16.6 Å². The maximum Gasteiger partial charge on any atom is 0.226 e. The minimum absolute atomic E-state index is 0.144. The summed E-state index contributed by atoms with van der Waals surface area (Å²) in [6, 6.07) is 16.7. The molecule has 0 unspecified atom stereocenters. The van der Waals surface area contributed by atoms with Crippen LogP contribution in [0.3, 0.4) is 0 Å². The molecule has 0 aromatic heterocycles. The van der Waals surface area contributed by atoms with Gasteiger partial charge in [-0.1, -0.05) is 64.5 Å². The van der Waals surface area contributed by atoms with Gasteiger partial charge in [-0.2, -0.15) is 0 Å². The summed E-state index contributed by atoms with van der Waals surface area (Å²) in [5.74, 6) is 0.238. The van der Waals surface area contributed by atoms with Crippen molar-refractivity contribution in [3.63, 3.8) is 0 Å². The quantitative estimate of drug-likeness (QED) is 0.745. The van der Waals surface area contributed by atoms with E-state index in [9.17, 15) is 4.79 Å². The number of allylic oxidation sites excluding steroid dienone is 1. The normalized spacial score (nSPS) is 18.0. The van der Waals surface area contributed by atoms with Crippen LogP contribution in [0, 0.1) is 0 Å². The zero-order valence-corrected chi connectivity index (χ0v) is 15.1. The Morgan fingerprint density at radius 2 is 1.75 bits per heavy atom. The summed E-state index contributed by atoms with van der Waals surface area (Å²) in [5.41, 5.74) is 4.00. The Kier molecular flexibility index (Phi) is 4.05. The first kappa shape index (κ1) is 15.6. The number of hydrogen-bond acceptors (Lipinski definition) is 1. The van der Waals surface area contributed by atoms with Crippen molar-refractivity contribution < 1.29 is 4.79 Å². The number of carbonyl (C=O) groups is 1. The summed E-state index contributed by atoms with van der Waals surface area (Å²) in [5, 5.41) is 0. The molecule has 2 nitrogen and oxygen atoms in total. The smallest absolute Gasteiger partial charge is 0.226 e. The molecule has 0 saturated carbocycles. The monoisotopic (exact) mass is 381 g/mol. The van der Waals surface area contributed by atoms with Gasteiger partial charge in [-0.15, -0.1) is 0 Å². The van der Waals surface area contributed by atoms with E-state index in [1.807, 2.05) is 29.2 Å². The Labute approximate surface area is 151 Å². The van der Waals surface area contributed by atoms with Gasteiger partial charge in [-0.25, -0.2) is 0 Å². The Balaban J connectivity index is 1.42. The maximum atomic E-state index is 12.6. The topological polar surface area (TPSA) is 20.3 Å². The standard InChI is InChI=1S/C21H20BrNO/c22-18-7-5-16(6-8-18)15-20(24)23-13-11-21(12-14-23)10-9-17-3-1-2-4-19(17)21/h1-10H,11-15H2. The number of benzene rings is 2. The summed E-state index contributed by atoms with van der Waals surface area (Å²) >= 11 is 3.43. The molecular weight excluding hydrogens is 362 g/mol. The van der Waals surface area contributed by atoms with E-state index in [4.69, 9.17) is 0 Å². The number of hydrogen-bond donors (Lipinski definition) is 0. The van der Waals surface area contributed by atoms with Crippen molar-refractivity contribution in [1.82, 2.24) is 4.90 Å². The molecule has 1 fully saturated rings. The highest BCUT2D eigenvalue weighted by Gasteiger charge is 2.38. The van der Waals surface area contributed by atoms with Crippen molar-refractivity contribution in [2.24, 2.45) is 0 Å². The van der Waals surface area contributed by atoms with Crippen LogP contribution >= 0.6 is 15.9 Å². The predicted molar refractivity (Wildman–Crippen MR) is 101 cm³/mol. The summed E-state index contributed by atoms with van der Waals surface area (Å²) in [6.45, 7) is 1.68. The molecule has 1 spiro atoms. The fourth-order valence-electron chi connectivity index (χ4n) is 3.91. The number of halogens is 1. The van der Waals surface area contributed by atoms with E-state index in [1.165, 1.54) is 11.1 Å². The van der Waals surface area contributed by atoms with Crippen LogP contribution in [0.15, 0.2) is 59.1 Å². The zero-order chi connectivity index (χ0) is 16.6. The molecule has 2 aliphatic rings. The van der Waals surface area contributed by atoms with Gasteiger partial charge in [0.1, 0.15) is 0 Å². The molecule has 3 heteroatoms. The molecule has 122 valence electrons. The van der Waals surface area contributed by atoms with Crippen molar-refractivity contribution in [2.45, 2.75) is 24.7 Å². The van der Waals surface area contributed by atoms with Gasteiger partial charge in [-0.3, -0.25) is 4.79 Å². The van der Waals surface area contributed by atoms with Gasteiger partial charge >= 0.3 is 0 Å². The molecule has 1 heterocycles. The Morgan fingerprint density at radius 3 is 2.50 bits per heavy atom. The number of amides is 1. The van der Waals surface area contributed by atoms with Gasteiger partial charge in [0.25, 0.3) is 0 Å². The van der Waals surface area contributed by atoms with Crippen molar-refractivity contribution in [3.05, 3.63) is 75.8 Å². The average Bonchev–Trinajstić information content (AvgIpc) is 2.96. The van der Waals surface area contributed by atoms with E-state index in [0.29, 0.717) is 6.42 Å². The summed E-state index contributed by atoms with van der Waals surface area (Å²) in [7, 11) is 0. The average molecular weight is 382 g/mol. The molecule has 1 amide bonds. The van der Waals surface area contributed by atoms with Gasteiger partial charge in [0.05, 0.1) is 6.42 Å². The Morgan fingerprint density at radius 1 is 1.04 bits per heavy atom. The molecule has 0 N–H and O–H groups in total. The number of nitrogens with zero attached hydrogens (tertiary/aromatic N) is 1. The maximum absolute atomic E-state index is 12.6. The highest BCUT2D eigenvalue weighted by molar-refractivity contribution is 9.10. The van der Waals surface area contributed by atoms with Crippen molar-refractivity contribution >= 4 is 27.9 Å². The molecule has 4 rings (SSSR count). The molecule has 1 aliphatic carbocycles. The first-order chi connectivity index (χ1) is 11.7. The molecule has 0 radical (unpaired) electrons. The third-order valence-corrected chi connectivity index (χ3v) is 5.88. The highest BCUT2D eigenvalue weighted by Crippen LogP contribution is 2.43. The number of rotatable bonds is 2. The first-order valence-corrected chi connectivity index (χ1v) is 9.27. The third kappa shape index (κ3) is 2.82. The number of piperidine rings is 1. The van der Waals surface area contributed by atoms with Gasteiger partial charge in [0.15, 0.2) is 0 Å². The molecule has 1 aliphatic heterocycles. The van der Waals surface area contributed by atoms with E-state index >= 15 is 0 Å².